The van der Waals surface area contributed by atoms with E-state index in [-0.39, 0.29) is 5.82 Å². The fourth-order valence-corrected chi connectivity index (χ4v) is 5.24. The summed E-state index contributed by atoms with van der Waals surface area (Å²) in [4.78, 5) is 12.8. The number of fused-ring (bicyclic) bond motifs is 2. The molecule has 0 aliphatic carbocycles. The number of pyridine rings is 1. The Morgan fingerprint density at radius 2 is 2.08 bits per heavy atom. The maximum absolute atomic E-state index is 14.4. The molecule has 180 valence electrons. The average molecular weight is 592 g/mol. The molecule has 6 rings (SSSR count). The zero-order chi connectivity index (χ0) is 24.8. The average Bonchev–Trinajstić information content (AvgIpc) is 3.46. The summed E-state index contributed by atoms with van der Waals surface area (Å²) in [6, 6.07) is 13.0. The smallest absolute Gasteiger partial charge is 0.181 e. The highest BCUT2D eigenvalue weighted by Crippen LogP contribution is 2.33. The maximum Gasteiger partial charge on any atom is 0.181 e. The molecule has 5 aromatic rings. The van der Waals surface area contributed by atoms with Crippen molar-refractivity contribution in [2.45, 2.75) is 6.54 Å². The van der Waals surface area contributed by atoms with E-state index in [4.69, 9.17) is 10.7 Å². The predicted octanol–water partition coefficient (Wildman–Crippen LogP) is 4.88. The molecule has 0 spiro atoms. The van der Waals surface area contributed by atoms with Gasteiger partial charge >= 0.3 is 0 Å². The molecule has 0 unspecified atom stereocenters. The van der Waals surface area contributed by atoms with Gasteiger partial charge in [0.2, 0.25) is 0 Å². The molecule has 1 aliphatic heterocycles. The van der Waals surface area contributed by atoms with Crippen LogP contribution in [0.4, 0.5) is 4.39 Å². The van der Waals surface area contributed by atoms with Gasteiger partial charge in [-0.2, -0.15) is 5.10 Å². The number of imidazole rings is 1. The lowest BCUT2D eigenvalue weighted by molar-refractivity contribution is 0.624. The van der Waals surface area contributed by atoms with E-state index in [0.717, 1.165) is 55.6 Å². The van der Waals surface area contributed by atoms with Crippen molar-refractivity contribution >= 4 is 50.5 Å². The standard InChI is InChI=1S/C26H22FIN8/c1-30-10-14-5-15(7-18(27)6-14)20-3-2-4-22-23(20)33-26(32-22)24-21-9-16(11-31-25(21)35-34-24)17-8-19(29)13-36(28)12-17/h2-9,11-12,30H,10,13,29H2,1H3,(H,32,33)(H,31,34,35). The van der Waals surface area contributed by atoms with Crippen molar-refractivity contribution < 1.29 is 4.39 Å². The zero-order valence-electron chi connectivity index (χ0n) is 19.3. The highest BCUT2D eigenvalue weighted by atomic mass is 127. The zero-order valence-corrected chi connectivity index (χ0v) is 21.5. The van der Waals surface area contributed by atoms with Crippen LogP contribution in [0.2, 0.25) is 0 Å². The van der Waals surface area contributed by atoms with Crippen LogP contribution < -0.4 is 11.1 Å². The fraction of sp³-hybridized carbons (Fsp3) is 0.115. The van der Waals surface area contributed by atoms with Crippen molar-refractivity contribution in [1.29, 1.82) is 0 Å². The number of benzene rings is 2. The van der Waals surface area contributed by atoms with Gasteiger partial charge in [0.25, 0.3) is 0 Å². The van der Waals surface area contributed by atoms with Crippen molar-refractivity contribution in [2.24, 2.45) is 5.73 Å². The molecule has 1 aliphatic rings. The lowest BCUT2D eigenvalue weighted by atomic mass is 10.0. The van der Waals surface area contributed by atoms with E-state index in [1.54, 1.807) is 12.3 Å². The second kappa shape index (κ2) is 9.03. The molecule has 0 fully saturated rings. The lowest BCUT2D eigenvalue weighted by Gasteiger charge is -2.19. The van der Waals surface area contributed by atoms with E-state index in [1.807, 2.05) is 52.8 Å². The first-order valence-electron chi connectivity index (χ1n) is 11.4. The summed E-state index contributed by atoms with van der Waals surface area (Å²) < 4.78 is 16.4. The number of nitrogens with two attached hydrogens (primary N) is 1. The minimum atomic E-state index is -0.277. The number of nitrogens with zero attached hydrogens (tertiary/aromatic N) is 4. The summed E-state index contributed by atoms with van der Waals surface area (Å²) in [5, 5.41) is 11.4. The monoisotopic (exact) mass is 592 g/mol. The van der Waals surface area contributed by atoms with E-state index in [1.165, 1.54) is 6.07 Å². The van der Waals surface area contributed by atoms with Gasteiger partial charge in [-0.3, -0.25) is 5.10 Å². The van der Waals surface area contributed by atoms with Crippen molar-refractivity contribution in [3.05, 3.63) is 83.6 Å². The second-order valence-corrected chi connectivity index (χ2v) is 9.96. The lowest BCUT2D eigenvalue weighted by Crippen LogP contribution is -2.17. The first-order valence-corrected chi connectivity index (χ1v) is 12.3. The Hall–Kier alpha value is -3.77. The first kappa shape index (κ1) is 22.7. The predicted molar refractivity (Wildman–Crippen MR) is 148 cm³/mol. The van der Waals surface area contributed by atoms with Crippen molar-refractivity contribution in [2.75, 3.05) is 13.6 Å². The third-order valence-electron chi connectivity index (χ3n) is 6.10. The van der Waals surface area contributed by atoms with Gasteiger partial charge in [-0.25, -0.2) is 14.4 Å². The molecule has 0 amide bonds. The largest absolute Gasteiger partial charge is 0.401 e. The number of allylic oxidation sites excluding steroid dienone is 2. The van der Waals surface area contributed by atoms with Gasteiger partial charge < -0.3 is 19.1 Å². The van der Waals surface area contributed by atoms with Crippen LogP contribution in [0.1, 0.15) is 11.1 Å². The van der Waals surface area contributed by atoms with Crippen molar-refractivity contribution in [3.63, 3.8) is 0 Å². The second-order valence-electron chi connectivity index (χ2n) is 8.72. The SMILES string of the molecule is CNCc1cc(F)cc(-c2cccc3[nH]c(-c4[nH]nc5ncc(C6=CN(I)CC(N)=C6)cc45)nc23)c1. The molecular weight excluding hydrogens is 570 g/mol. The van der Waals surface area contributed by atoms with Crippen LogP contribution in [-0.4, -0.2) is 41.9 Å². The van der Waals surface area contributed by atoms with Crippen molar-refractivity contribution in [1.82, 2.24) is 33.6 Å². The maximum atomic E-state index is 14.4. The Kier molecular flexibility index (Phi) is 5.69. The van der Waals surface area contributed by atoms with Crippen LogP contribution in [0.25, 0.3) is 50.3 Å². The van der Waals surface area contributed by atoms with E-state index in [9.17, 15) is 4.39 Å². The molecule has 0 radical (unpaired) electrons. The highest BCUT2D eigenvalue weighted by Gasteiger charge is 2.18. The number of nitrogens with one attached hydrogen (secondary N) is 3. The molecule has 0 saturated carbocycles. The molecule has 0 saturated heterocycles. The summed E-state index contributed by atoms with van der Waals surface area (Å²) in [6.07, 6.45) is 5.79. The quantitative estimate of drug-likeness (QED) is 0.171. The molecule has 10 heteroatoms. The van der Waals surface area contributed by atoms with E-state index in [0.29, 0.717) is 24.6 Å². The Balaban J connectivity index is 1.46. The summed E-state index contributed by atoms with van der Waals surface area (Å²) in [5.74, 6) is 0.356. The molecule has 36 heavy (non-hydrogen) atoms. The van der Waals surface area contributed by atoms with E-state index in [2.05, 4.69) is 48.3 Å². The molecular formula is C26H22FIN8. The van der Waals surface area contributed by atoms with Crippen LogP contribution in [-0.2, 0) is 6.54 Å². The Morgan fingerprint density at radius 1 is 1.19 bits per heavy atom. The normalized spacial score (nSPS) is 13.9. The van der Waals surface area contributed by atoms with Gasteiger partial charge in [-0.1, -0.05) is 12.1 Å². The fourth-order valence-electron chi connectivity index (χ4n) is 4.55. The first-order chi connectivity index (χ1) is 17.5. The number of halogens is 2. The molecule has 5 N–H and O–H groups in total. The molecule has 2 aromatic carbocycles. The van der Waals surface area contributed by atoms with Crippen LogP contribution in [0, 0.1) is 5.82 Å². The van der Waals surface area contributed by atoms with Crippen LogP contribution >= 0.6 is 22.9 Å². The molecule has 8 nitrogen and oxygen atoms in total. The van der Waals surface area contributed by atoms with Crippen LogP contribution in [0.3, 0.4) is 0 Å². The van der Waals surface area contributed by atoms with E-state index >= 15 is 0 Å². The number of rotatable bonds is 5. The van der Waals surface area contributed by atoms with Gasteiger partial charge in [0.15, 0.2) is 11.5 Å². The van der Waals surface area contributed by atoms with E-state index < -0.39 is 0 Å². The Labute approximate surface area is 220 Å². The minimum absolute atomic E-state index is 0.277. The number of aromatic nitrogens is 5. The number of para-hydroxylation sites is 1. The minimum Gasteiger partial charge on any atom is -0.401 e. The summed E-state index contributed by atoms with van der Waals surface area (Å²) in [7, 11) is 1.84. The molecule has 4 heterocycles. The van der Waals surface area contributed by atoms with Crippen LogP contribution in [0.5, 0.6) is 0 Å². The summed E-state index contributed by atoms with van der Waals surface area (Å²) in [6.45, 7) is 1.26. The van der Waals surface area contributed by atoms with Gasteiger partial charge in [0.05, 0.1) is 45.8 Å². The number of hydrogen-bond acceptors (Lipinski definition) is 6. The topological polar surface area (TPSA) is 112 Å². The molecule has 3 aromatic heterocycles. The Bertz CT molecular complexity index is 1680. The highest BCUT2D eigenvalue weighted by molar-refractivity contribution is 14.1. The Morgan fingerprint density at radius 3 is 2.92 bits per heavy atom. The van der Waals surface area contributed by atoms with Gasteiger partial charge in [-0.15, -0.1) is 0 Å². The van der Waals surface area contributed by atoms with Gasteiger partial charge in [0.1, 0.15) is 11.5 Å². The van der Waals surface area contributed by atoms with Gasteiger partial charge in [0, 0.05) is 41.3 Å². The third-order valence-corrected chi connectivity index (χ3v) is 6.72. The van der Waals surface area contributed by atoms with Gasteiger partial charge in [-0.05, 0) is 54.6 Å². The van der Waals surface area contributed by atoms with Crippen LogP contribution in [0.15, 0.2) is 66.6 Å². The molecule has 0 bridgehead atoms. The number of H-pyrrole nitrogens is 2. The number of hydrogen-bond donors (Lipinski definition) is 4. The summed E-state index contributed by atoms with van der Waals surface area (Å²) >= 11 is 2.23. The summed E-state index contributed by atoms with van der Waals surface area (Å²) in [5.41, 5.74) is 14.2. The third kappa shape index (κ3) is 4.11. The molecule has 0 atom stereocenters. The van der Waals surface area contributed by atoms with Crippen molar-refractivity contribution in [3.8, 4) is 22.6 Å². The number of aromatic amines is 2.